The molecule has 0 N–H and O–H groups in total. The smallest absolute Gasteiger partial charge is 0.0460 e. The summed E-state index contributed by atoms with van der Waals surface area (Å²) in [5, 5.41) is 0. The van der Waals surface area contributed by atoms with Crippen molar-refractivity contribution >= 4 is 13.6 Å². The van der Waals surface area contributed by atoms with Crippen LogP contribution in [0.25, 0.3) is 0 Å². The Bertz CT molecular complexity index is 260. The molecule has 0 aromatic heterocycles. The van der Waals surface area contributed by atoms with E-state index in [0.717, 1.165) is 0 Å². The molecule has 0 spiro atoms. The average Bonchev–Trinajstić information content (AvgIpc) is 2.31. The Kier molecular flexibility index (Phi) is 4.40. The molecular formula is C13H24NP. The van der Waals surface area contributed by atoms with E-state index in [1.54, 1.807) is 0 Å². The molecule has 0 bridgehead atoms. The van der Waals surface area contributed by atoms with Gasteiger partial charge in [-0.25, -0.2) is 0 Å². The molecule has 1 nitrogen and oxygen atoms in total. The van der Waals surface area contributed by atoms with Crippen LogP contribution >= 0.6 is 8.20 Å². The minimum Gasteiger partial charge on any atom is -0.345 e. The highest BCUT2D eigenvalue weighted by Gasteiger charge is 2.25. The van der Waals surface area contributed by atoms with Crippen molar-refractivity contribution in [3.63, 3.8) is 0 Å². The summed E-state index contributed by atoms with van der Waals surface area (Å²) in [5.74, 6) is 0. The highest BCUT2D eigenvalue weighted by molar-refractivity contribution is 7.39. The average molecular weight is 225 g/mol. The third-order valence-electron chi connectivity index (χ3n) is 2.87. The highest BCUT2D eigenvalue weighted by Crippen LogP contribution is 2.29. The van der Waals surface area contributed by atoms with Crippen LogP contribution in [0.3, 0.4) is 0 Å². The highest BCUT2D eigenvalue weighted by atomic mass is 31.1. The van der Waals surface area contributed by atoms with Gasteiger partial charge in [0.15, 0.2) is 0 Å². The Hall–Kier alpha value is -0.290. The summed E-state index contributed by atoms with van der Waals surface area (Å²) in [6, 6.07) is 0. The van der Waals surface area contributed by atoms with Gasteiger partial charge in [0.2, 0.25) is 0 Å². The van der Waals surface area contributed by atoms with Crippen molar-refractivity contribution in [2.24, 2.45) is 5.41 Å². The third-order valence-corrected chi connectivity index (χ3v) is 4.20. The van der Waals surface area contributed by atoms with E-state index in [-0.39, 0.29) is 5.41 Å². The predicted octanol–water partition coefficient (Wildman–Crippen LogP) is 4.13. The lowest BCUT2D eigenvalue weighted by atomic mass is 9.95. The molecule has 1 saturated heterocycles. The van der Waals surface area contributed by atoms with E-state index in [1.807, 2.05) is 0 Å². The molecule has 1 fully saturated rings. The predicted molar refractivity (Wildman–Crippen MR) is 71.6 cm³/mol. The molecule has 0 radical (unpaired) electrons. The van der Waals surface area contributed by atoms with Gasteiger partial charge in [-0.15, -0.1) is 0 Å². The van der Waals surface area contributed by atoms with E-state index in [2.05, 4.69) is 38.9 Å². The van der Waals surface area contributed by atoms with Gasteiger partial charge in [-0.1, -0.05) is 42.0 Å². The quantitative estimate of drug-likeness (QED) is 0.606. The lowest BCUT2D eigenvalue weighted by Gasteiger charge is -2.35. The zero-order chi connectivity index (χ0) is 11.5. The molecule has 0 aromatic rings. The first-order valence-corrected chi connectivity index (χ1v) is 7.23. The van der Waals surface area contributed by atoms with Gasteiger partial charge >= 0.3 is 0 Å². The lowest BCUT2D eigenvalue weighted by molar-refractivity contribution is 0.445. The van der Waals surface area contributed by atoms with Crippen LogP contribution < -0.4 is 0 Å². The number of nitrogens with zero attached hydrogens (tertiary/aromatic N) is 1. The van der Waals surface area contributed by atoms with Crippen LogP contribution in [0.15, 0.2) is 12.3 Å². The minimum atomic E-state index is 0.267. The minimum absolute atomic E-state index is 0.267. The van der Waals surface area contributed by atoms with Crippen molar-refractivity contribution < 1.29 is 0 Å². The molecule has 0 unspecified atom stereocenters. The second-order valence-corrected chi connectivity index (χ2v) is 6.20. The van der Waals surface area contributed by atoms with Gasteiger partial charge in [-0.3, -0.25) is 0 Å². The maximum absolute atomic E-state index is 4.24. The molecule has 0 aliphatic carbocycles. The van der Waals surface area contributed by atoms with Crippen molar-refractivity contribution in [3.8, 4) is 0 Å². The topological polar surface area (TPSA) is 3.24 Å². The SMILES string of the molecule is C=C1CCCCCN1/C(=P\C)C(C)(C)C. The number of hydrogen-bond donors (Lipinski definition) is 0. The molecular weight excluding hydrogens is 201 g/mol. The first kappa shape index (κ1) is 12.8. The normalized spacial score (nSPS) is 20.4. The van der Waals surface area contributed by atoms with Crippen LogP contribution in [-0.4, -0.2) is 23.5 Å². The van der Waals surface area contributed by atoms with Crippen LogP contribution in [0.1, 0.15) is 46.5 Å². The van der Waals surface area contributed by atoms with Gasteiger partial charge in [0.25, 0.3) is 0 Å². The van der Waals surface area contributed by atoms with Crippen LogP contribution in [0, 0.1) is 5.41 Å². The second-order valence-electron chi connectivity index (χ2n) is 5.33. The van der Waals surface area contributed by atoms with Crippen LogP contribution in [0.4, 0.5) is 0 Å². The monoisotopic (exact) mass is 225 g/mol. The maximum Gasteiger partial charge on any atom is 0.0460 e. The molecule has 0 atom stereocenters. The summed E-state index contributed by atoms with van der Waals surface area (Å²) in [7, 11) is 1.39. The standard InChI is InChI=1S/C13H24NP/c1-11-9-7-6-8-10-14(11)12(15-5)13(2,3)4/h1,6-10H2,2-5H3. The van der Waals surface area contributed by atoms with Gasteiger partial charge in [-0.2, -0.15) is 0 Å². The summed E-state index contributed by atoms with van der Waals surface area (Å²) in [6.07, 6.45) is 5.16. The Balaban J connectivity index is 2.87. The van der Waals surface area contributed by atoms with E-state index in [9.17, 15) is 0 Å². The van der Waals surface area contributed by atoms with E-state index >= 15 is 0 Å². The largest absolute Gasteiger partial charge is 0.345 e. The molecule has 1 aliphatic rings. The number of rotatable bonds is 1. The lowest BCUT2D eigenvalue weighted by Crippen LogP contribution is -2.37. The third kappa shape index (κ3) is 3.34. The summed E-state index contributed by atoms with van der Waals surface area (Å²) in [4.78, 5) is 2.48. The first-order valence-electron chi connectivity index (χ1n) is 5.89. The fraction of sp³-hybridized carbons (Fsp3) is 0.769. The van der Waals surface area contributed by atoms with E-state index in [1.165, 1.54) is 51.5 Å². The molecule has 1 rings (SSSR count). The molecule has 0 amide bonds. The first-order chi connectivity index (χ1) is 6.96. The summed E-state index contributed by atoms with van der Waals surface area (Å²) in [6.45, 7) is 14.6. The van der Waals surface area contributed by atoms with Crippen LogP contribution in [0.2, 0.25) is 0 Å². The Morgan fingerprint density at radius 2 is 1.93 bits per heavy atom. The maximum atomic E-state index is 4.24. The number of allylic oxidation sites excluding steroid dienone is 1. The van der Waals surface area contributed by atoms with Crippen molar-refractivity contribution in [1.82, 2.24) is 4.90 Å². The second kappa shape index (κ2) is 5.16. The van der Waals surface area contributed by atoms with Gasteiger partial charge in [0.1, 0.15) is 0 Å². The van der Waals surface area contributed by atoms with Crippen molar-refractivity contribution in [1.29, 1.82) is 0 Å². The van der Waals surface area contributed by atoms with E-state index in [0.29, 0.717) is 0 Å². The Labute approximate surface area is 96.4 Å². The number of likely N-dealkylation sites (tertiary alicyclic amines) is 1. The van der Waals surface area contributed by atoms with Gasteiger partial charge < -0.3 is 4.90 Å². The molecule has 86 valence electrons. The van der Waals surface area contributed by atoms with Gasteiger partial charge in [0, 0.05) is 23.1 Å². The summed E-state index contributed by atoms with van der Waals surface area (Å²) in [5.41, 5.74) is 3.12. The summed E-state index contributed by atoms with van der Waals surface area (Å²) >= 11 is 0. The molecule has 0 aromatic carbocycles. The number of hydrogen-bond acceptors (Lipinski definition) is 0. The zero-order valence-electron chi connectivity index (χ0n) is 10.6. The van der Waals surface area contributed by atoms with E-state index in [4.69, 9.17) is 0 Å². The van der Waals surface area contributed by atoms with Crippen molar-refractivity contribution in [2.75, 3.05) is 13.2 Å². The van der Waals surface area contributed by atoms with E-state index < -0.39 is 0 Å². The Morgan fingerprint density at radius 3 is 2.47 bits per heavy atom. The van der Waals surface area contributed by atoms with Crippen LogP contribution in [-0.2, 0) is 0 Å². The fourth-order valence-electron chi connectivity index (χ4n) is 2.19. The van der Waals surface area contributed by atoms with Crippen molar-refractivity contribution in [3.05, 3.63) is 12.3 Å². The molecule has 15 heavy (non-hydrogen) atoms. The van der Waals surface area contributed by atoms with Crippen molar-refractivity contribution in [2.45, 2.75) is 46.5 Å². The molecule has 1 aliphatic heterocycles. The molecule has 0 saturated carbocycles. The van der Waals surface area contributed by atoms with Gasteiger partial charge in [-0.05, 0) is 25.9 Å². The zero-order valence-corrected chi connectivity index (χ0v) is 11.5. The van der Waals surface area contributed by atoms with Gasteiger partial charge in [0.05, 0.1) is 0 Å². The fourth-order valence-corrected chi connectivity index (χ4v) is 3.34. The summed E-state index contributed by atoms with van der Waals surface area (Å²) < 4.78 is 0. The Morgan fingerprint density at radius 1 is 1.27 bits per heavy atom. The van der Waals surface area contributed by atoms with Crippen LogP contribution in [0.5, 0.6) is 0 Å². The molecule has 1 heterocycles. The molecule has 2 heteroatoms.